The molecule has 6 heteroatoms. The summed E-state index contributed by atoms with van der Waals surface area (Å²) in [6.07, 6.45) is 1.91. The van der Waals surface area contributed by atoms with E-state index < -0.39 is 0 Å². The first-order valence-electron chi connectivity index (χ1n) is 23.6. The molecule has 0 N–H and O–H groups in total. The van der Waals surface area contributed by atoms with Crippen LogP contribution in [0.4, 0.5) is 0 Å². The summed E-state index contributed by atoms with van der Waals surface area (Å²) in [6.45, 7) is 4.36. The van der Waals surface area contributed by atoms with Crippen LogP contribution in [-0.2, 0) is 0 Å². The van der Waals surface area contributed by atoms with Crippen LogP contribution in [0, 0.1) is 13.8 Å². The van der Waals surface area contributed by atoms with Crippen molar-refractivity contribution in [1.29, 1.82) is 0 Å². The second kappa shape index (κ2) is 16.8. The number of furan rings is 1. The SMILES string of the molecule is Cc1ccccc1-c1ccc2c(c1)c1cc(-c3ccccc3C)ccc1n2-c1ccc(-c2nc(-c3ccccc3)nc(-c3ccccc3)n2)cc1-c1cc(-c2ccc3oc4ccccc4c3c2)ccn1. The quantitative estimate of drug-likeness (QED) is 0.152. The number of aromatic nitrogens is 5. The largest absolute Gasteiger partial charge is 0.456 e. The van der Waals surface area contributed by atoms with Gasteiger partial charge in [0.15, 0.2) is 17.5 Å². The minimum Gasteiger partial charge on any atom is -0.456 e. The number of hydrogen-bond donors (Lipinski definition) is 0. The average molecular weight is 898 g/mol. The van der Waals surface area contributed by atoms with Gasteiger partial charge in [-0.3, -0.25) is 4.98 Å². The van der Waals surface area contributed by atoms with Gasteiger partial charge in [-0.05, 0) is 131 Å². The fourth-order valence-electron chi connectivity index (χ4n) is 10.1. The van der Waals surface area contributed by atoms with Crippen LogP contribution in [0.5, 0.6) is 0 Å². The van der Waals surface area contributed by atoms with E-state index in [1.54, 1.807) is 0 Å². The van der Waals surface area contributed by atoms with Crippen LogP contribution in [0.15, 0.2) is 229 Å². The Labute approximate surface area is 404 Å². The van der Waals surface area contributed by atoms with E-state index in [9.17, 15) is 0 Å². The van der Waals surface area contributed by atoms with E-state index in [0.717, 1.165) is 77.7 Å². The molecule has 0 saturated carbocycles. The number of nitrogens with zero attached hydrogens (tertiary/aromatic N) is 5. The highest BCUT2D eigenvalue weighted by Gasteiger charge is 2.22. The average Bonchev–Trinajstić information content (AvgIpc) is 3.96. The molecule has 0 saturated heterocycles. The van der Waals surface area contributed by atoms with E-state index in [0.29, 0.717) is 17.5 Å². The third kappa shape index (κ3) is 7.13. The Morgan fingerprint density at radius 1 is 0.343 bits per heavy atom. The second-order valence-electron chi connectivity index (χ2n) is 17.9. The molecule has 0 spiro atoms. The lowest BCUT2D eigenvalue weighted by molar-refractivity contribution is 0.669. The topological polar surface area (TPSA) is 69.6 Å². The molecule has 13 rings (SSSR count). The lowest BCUT2D eigenvalue weighted by atomic mass is 9.97. The molecule has 0 atom stereocenters. The summed E-state index contributed by atoms with van der Waals surface area (Å²) in [4.78, 5) is 20.5. The van der Waals surface area contributed by atoms with Crippen LogP contribution >= 0.6 is 0 Å². The van der Waals surface area contributed by atoms with Crippen molar-refractivity contribution in [2.75, 3.05) is 0 Å². The molecule has 0 bridgehead atoms. The number of rotatable bonds is 8. The van der Waals surface area contributed by atoms with Crippen molar-refractivity contribution in [2.24, 2.45) is 0 Å². The van der Waals surface area contributed by atoms with Crippen molar-refractivity contribution in [2.45, 2.75) is 13.8 Å². The molecule has 13 aromatic rings. The highest BCUT2D eigenvalue weighted by atomic mass is 16.3. The second-order valence-corrected chi connectivity index (χ2v) is 17.9. The van der Waals surface area contributed by atoms with Crippen LogP contribution in [0.3, 0.4) is 0 Å². The summed E-state index contributed by atoms with van der Waals surface area (Å²) >= 11 is 0. The Morgan fingerprint density at radius 3 is 1.47 bits per heavy atom. The normalized spacial score (nSPS) is 11.6. The smallest absolute Gasteiger partial charge is 0.164 e. The van der Waals surface area contributed by atoms with Gasteiger partial charge in [0.1, 0.15) is 11.2 Å². The molecule has 70 heavy (non-hydrogen) atoms. The van der Waals surface area contributed by atoms with Crippen LogP contribution in [-0.4, -0.2) is 24.5 Å². The van der Waals surface area contributed by atoms with Gasteiger partial charge in [-0.25, -0.2) is 15.0 Å². The van der Waals surface area contributed by atoms with Gasteiger partial charge in [-0.2, -0.15) is 0 Å². The highest BCUT2D eigenvalue weighted by Crippen LogP contribution is 2.42. The Hall–Kier alpha value is -9.26. The molecule has 9 aromatic carbocycles. The minimum absolute atomic E-state index is 0.571. The van der Waals surface area contributed by atoms with Crippen molar-refractivity contribution < 1.29 is 4.42 Å². The van der Waals surface area contributed by atoms with Crippen LogP contribution in [0.2, 0.25) is 0 Å². The molecule has 0 aliphatic carbocycles. The molecule has 330 valence electrons. The molecule has 0 fully saturated rings. The van der Waals surface area contributed by atoms with E-state index in [1.165, 1.54) is 44.2 Å². The number of pyridine rings is 1. The van der Waals surface area contributed by atoms with Crippen LogP contribution in [0.1, 0.15) is 11.1 Å². The van der Waals surface area contributed by atoms with Gasteiger partial charge >= 0.3 is 0 Å². The molecular formula is C64H43N5O. The van der Waals surface area contributed by atoms with Crippen molar-refractivity contribution in [3.05, 3.63) is 236 Å². The maximum absolute atomic E-state index is 6.24. The Morgan fingerprint density at radius 2 is 0.843 bits per heavy atom. The number of para-hydroxylation sites is 1. The molecule has 0 unspecified atom stereocenters. The summed E-state index contributed by atoms with van der Waals surface area (Å²) < 4.78 is 8.64. The Kier molecular flexibility index (Phi) is 9.84. The van der Waals surface area contributed by atoms with Crippen LogP contribution < -0.4 is 0 Å². The van der Waals surface area contributed by atoms with Crippen molar-refractivity contribution in [3.63, 3.8) is 0 Å². The highest BCUT2D eigenvalue weighted by molar-refractivity contribution is 6.12. The van der Waals surface area contributed by atoms with Gasteiger partial charge in [-0.15, -0.1) is 0 Å². The third-order valence-corrected chi connectivity index (χ3v) is 13.6. The predicted octanol–water partition coefficient (Wildman–Crippen LogP) is 16.5. The first-order valence-corrected chi connectivity index (χ1v) is 23.6. The zero-order valence-corrected chi connectivity index (χ0v) is 38.5. The number of aryl methyl sites for hydroxylation is 2. The zero-order valence-electron chi connectivity index (χ0n) is 38.5. The van der Waals surface area contributed by atoms with Gasteiger partial charge in [0.2, 0.25) is 0 Å². The molecule has 0 amide bonds. The summed E-state index contributed by atoms with van der Waals surface area (Å²) in [5.74, 6) is 1.78. The van der Waals surface area contributed by atoms with E-state index >= 15 is 0 Å². The first-order chi connectivity index (χ1) is 34.5. The third-order valence-electron chi connectivity index (χ3n) is 13.6. The summed E-state index contributed by atoms with van der Waals surface area (Å²) in [5, 5.41) is 4.50. The molecular weight excluding hydrogens is 855 g/mol. The minimum atomic E-state index is 0.571. The van der Waals surface area contributed by atoms with E-state index in [2.05, 4.69) is 164 Å². The van der Waals surface area contributed by atoms with Crippen molar-refractivity contribution in [1.82, 2.24) is 24.5 Å². The van der Waals surface area contributed by atoms with E-state index in [1.807, 2.05) is 79.0 Å². The maximum Gasteiger partial charge on any atom is 0.164 e. The van der Waals surface area contributed by atoms with Crippen molar-refractivity contribution in [3.8, 4) is 84.5 Å². The first kappa shape index (κ1) is 41.0. The zero-order chi connectivity index (χ0) is 46.7. The molecule has 4 aromatic heterocycles. The monoisotopic (exact) mass is 897 g/mol. The lowest BCUT2D eigenvalue weighted by Crippen LogP contribution is -2.02. The molecule has 6 nitrogen and oxygen atoms in total. The molecule has 4 heterocycles. The van der Waals surface area contributed by atoms with E-state index in [-0.39, 0.29) is 0 Å². The molecule has 0 aliphatic rings. The van der Waals surface area contributed by atoms with Gasteiger partial charge < -0.3 is 8.98 Å². The summed E-state index contributed by atoms with van der Waals surface area (Å²) in [6, 6.07) is 76.7. The van der Waals surface area contributed by atoms with Gasteiger partial charge in [0.25, 0.3) is 0 Å². The van der Waals surface area contributed by atoms with Gasteiger partial charge in [0, 0.05) is 50.0 Å². The van der Waals surface area contributed by atoms with Crippen molar-refractivity contribution >= 4 is 43.7 Å². The van der Waals surface area contributed by atoms with Crippen LogP contribution in [0.25, 0.3) is 128 Å². The predicted molar refractivity (Wildman–Crippen MR) is 287 cm³/mol. The number of benzene rings is 9. The van der Waals surface area contributed by atoms with Gasteiger partial charge in [0.05, 0.1) is 22.4 Å². The summed E-state index contributed by atoms with van der Waals surface area (Å²) in [7, 11) is 0. The number of fused-ring (bicyclic) bond motifs is 6. The van der Waals surface area contributed by atoms with E-state index in [4.69, 9.17) is 24.4 Å². The Bertz CT molecular complexity index is 3990. The summed E-state index contributed by atoms with van der Waals surface area (Å²) in [5.41, 5.74) is 18.7. The molecule has 0 radical (unpaired) electrons. The fourth-order valence-corrected chi connectivity index (χ4v) is 10.1. The molecule has 0 aliphatic heterocycles. The standard InChI is InChI=1S/C64H43N5O/c1-40-15-9-11-21-49(40)46-25-29-57-52(36-46)53-37-47(50-22-12-10-16-41(50)2)26-30-58(53)69(57)59-31-27-48(64-67-62(42-17-5-3-6-18-42)66-63(68-64)43-19-7-4-8-20-43)38-55(59)56-39-45(33-34-65-56)44-28-32-61-54(35-44)51-23-13-14-24-60(51)70-61/h3-39H,1-2H3. The fraction of sp³-hybridized carbons (Fsp3) is 0.0312. The maximum atomic E-state index is 6.24. The lowest BCUT2D eigenvalue weighted by Gasteiger charge is -2.17. The number of hydrogen-bond acceptors (Lipinski definition) is 5. The van der Waals surface area contributed by atoms with Gasteiger partial charge in [-0.1, -0.05) is 146 Å². The Balaban J connectivity index is 1.06.